The number of hydrogen-bond acceptors (Lipinski definition) is 1. The maximum atomic E-state index is 2.59. The molecule has 1 unspecified atom stereocenters. The smallest absolute Gasteiger partial charge is 0.0581 e. The molecule has 0 aromatic carbocycles. The highest BCUT2D eigenvalue weighted by Crippen LogP contribution is 2.29. The van der Waals surface area contributed by atoms with Crippen LogP contribution in [0, 0.1) is 0 Å². The van der Waals surface area contributed by atoms with Crippen LogP contribution in [0.5, 0.6) is 0 Å². The van der Waals surface area contributed by atoms with Gasteiger partial charge in [0.15, 0.2) is 0 Å². The Kier molecular flexibility index (Phi) is 5.89. The van der Waals surface area contributed by atoms with Gasteiger partial charge < -0.3 is 4.90 Å². The molecule has 0 fully saturated rings. The second kappa shape index (κ2) is 5.81. The molecule has 0 N–H and O–H groups in total. The van der Waals surface area contributed by atoms with E-state index >= 15 is 0 Å². The Labute approximate surface area is 86.1 Å². The van der Waals surface area contributed by atoms with Crippen molar-refractivity contribution in [1.29, 1.82) is 0 Å². The predicted octanol–water partition coefficient (Wildman–Crippen LogP) is 2.91. The van der Waals surface area contributed by atoms with Gasteiger partial charge in [-0.25, -0.2) is 0 Å². The van der Waals surface area contributed by atoms with Gasteiger partial charge in [0.25, 0.3) is 0 Å². The first-order chi connectivity index (χ1) is 5.95. The minimum absolute atomic E-state index is 0.568. The summed E-state index contributed by atoms with van der Waals surface area (Å²) in [5.74, 6) is 0. The van der Waals surface area contributed by atoms with Gasteiger partial charge in [-0.1, -0.05) is 47.6 Å². The molecule has 0 radical (unpaired) electrons. The van der Waals surface area contributed by atoms with E-state index in [1.165, 1.54) is 25.3 Å². The zero-order valence-electron chi connectivity index (χ0n) is 10.4. The Balaban J connectivity index is 4.11. The first kappa shape index (κ1) is 13.2. The molecule has 0 amide bonds. The molecule has 0 aromatic rings. The molecule has 13 heavy (non-hydrogen) atoms. The van der Waals surface area contributed by atoms with Crippen molar-refractivity contribution in [3.63, 3.8) is 0 Å². The van der Waals surface area contributed by atoms with Gasteiger partial charge in [-0.3, -0.25) is 0 Å². The summed E-state index contributed by atoms with van der Waals surface area (Å²) >= 11 is 0. The Hall–Kier alpha value is 0.177. The largest absolute Gasteiger partial charge is 0.307 e. The summed E-state index contributed by atoms with van der Waals surface area (Å²) in [4.78, 5) is 2.59. The molecule has 0 rings (SSSR count). The Bertz CT molecular complexity index is 125. The molecular formula is C11H27NSi. The summed E-state index contributed by atoms with van der Waals surface area (Å²) in [6.45, 7) is 16.6. The molecule has 0 aromatic heterocycles. The molecule has 1 nitrogen and oxygen atoms in total. The van der Waals surface area contributed by atoms with E-state index in [0.717, 1.165) is 0 Å². The van der Waals surface area contributed by atoms with Gasteiger partial charge in [0.2, 0.25) is 0 Å². The lowest BCUT2D eigenvalue weighted by molar-refractivity contribution is 0.346. The van der Waals surface area contributed by atoms with Crippen molar-refractivity contribution in [2.24, 2.45) is 0 Å². The van der Waals surface area contributed by atoms with Crippen LogP contribution in [0.1, 0.15) is 41.5 Å². The third kappa shape index (κ3) is 4.82. The first-order valence-electron chi connectivity index (χ1n) is 5.68. The maximum absolute atomic E-state index is 2.59. The highest BCUT2D eigenvalue weighted by Gasteiger charge is 2.25. The van der Waals surface area contributed by atoms with Crippen molar-refractivity contribution in [3.05, 3.63) is 0 Å². The Morgan fingerprint density at radius 2 is 1.46 bits per heavy atom. The average molecular weight is 201 g/mol. The van der Waals surface area contributed by atoms with Crippen molar-refractivity contribution >= 4 is 8.80 Å². The monoisotopic (exact) mass is 201 g/mol. The standard InChI is InChI=1S/C11H27NSi/c1-7-12(8-2)10-13(9-3)11(4,5)6/h13H,7-10H2,1-6H3. The summed E-state index contributed by atoms with van der Waals surface area (Å²) in [6.07, 6.45) is 1.40. The van der Waals surface area contributed by atoms with Gasteiger partial charge in [0.05, 0.1) is 8.80 Å². The zero-order valence-corrected chi connectivity index (χ0v) is 11.5. The number of hydrogen-bond donors (Lipinski definition) is 0. The van der Waals surface area contributed by atoms with E-state index in [0.29, 0.717) is 5.04 Å². The Morgan fingerprint density at radius 3 is 1.69 bits per heavy atom. The molecule has 2 heteroatoms. The van der Waals surface area contributed by atoms with Gasteiger partial charge in [-0.05, 0) is 24.3 Å². The van der Waals surface area contributed by atoms with E-state index in [2.05, 4.69) is 46.4 Å². The molecule has 0 aliphatic heterocycles. The van der Waals surface area contributed by atoms with E-state index < -0.39 is 8.80 Å². The highest BCUT2D eigenvalue weighted by atomic mass is 28.3. The lowest BCUT2D eigenvalue weighted by Gasteiger charge is -2.32. The van der Waals surface area contributed by atoms with E-state index in [9.17, 15) is 0 Å². The van der Waals surface area contributed by atoms with E-state index in [1.807, 2.05) is 0 Å². The predicted molar refractivity (Wildman–Crippen MR) is 65.1 cm³/mol. The number of nitrogens with zero attached hydrogens (tertiary/aromatic N) is 1. The van der Waals surface area contributed by atoms with Gasteiger partial charge in [-0.15, -0.1) is 0 Å². The highest BCUT2D eigenvalue weighted by molar-refractivity contribution is 6.62. The van der Waals surface area contributed by atoms with Crippen LogP contribution in [-0.4, -0.2) is 33.0 Å². The first-order valence-corrected chi connectivity index (χ1v) is 7.89. The third-order valence-electron chi connectivity index (χ3n) is 3.09. The van der Waals surface area contributed by atoms with Crippen LogP contribution < -0.4 is 0 Å². The third-order valence-corrected chi connectivity index (χ3v) is 7.48. The summed E-state index contributed by atoms with van der Waals surface area (Å²) < 4.78 is 0. The van der Waals surface area contributed by atoms with Crippen LogP contribution in [0.4, 0.5) is 0 Å². The quantitative estimate of drug-likeness (QED) is 0.618. The van der Waals surface area contributed by atoms with E-state index in [-0.39, 0.29) is 0 Å². The fourth-order valence-corrected chi connectivity index (χ4v) is 4.98. The SMILES string of the molecule is CCN(CC)C[SiH](CC)C(C)(C)C. The maximum Gasteiger partial charge on any atom is 0.0581 e. The summed E-state index contributed by atoms with van der Waals surface area (Å²) in [5.41, 5.74) is 0. The lowest BCUT2D eigenvalue weighted by atomic mass is 10.2. The topological polar surface area (TPSA) is 3.24 Å². The normalized spacial score (nSPS) is 15.0. The van der Waals surface area contributed by atoms with Crippen molar-refractivity contribution in [2.45, 2.75) is 52.6 Å². The molecule has 0 saturated carbocycles. The van der Waals surface area contributed by atoms with Crippen LogP contribution in [0.3, 0.4) is 0 Å². The number of rotatable bonds is 5. The van der Waals surface area contributed by atoms with Crippen LogP contribution in [0.25, 0.3) is 0 Å². The molecule has 0 aliphatic carbocycles. The fraction of sp³-hybridized carbons (Fsp3) is 1.00. The molecule has 0 bridgehead atoms. The molecule has 0 aliphatic rings. The second-order valence-corrected chi connectivity index (χ2v) is 9.26. The average Bonchev–Trinajstić information content (AvgIpc) is 2.04. The van der Waals surface area contributed by atoms with Gasteiger partial charge in [0, 0.05) is 0 Å². The molecule has 0 heterocycles. The summed E-state index contributed by atoms with van der Waals surface area (Å²) in [5, 5.41) is 0.595. The van der Waals surface area contributed by atoms with Crippen LogP contribution in [0.2, 0.25) is 11.1 Å². The van der Waals surface area contributed by atoms with Crippen molar-refractivity contribution in [2.75, 3.05) is 19.3 Å². The minimum atomic E-state index is -0.568. The van der Waals surface area contributed by atoms with Crippen LogP contribution >= 0.6 is 0 Å². The van der Waals surface area contributed by atoms with Crippen molar-refractivity contribution in [1.82, 2.24) is 4.90 Å². The second-order valence-electron chi connectivity index (χ2n) is 4.96. The Morgan fingerprint density at radius 1 is 1.00 bits per heavy atom. The molecule has 80 valence electrons. The van der Waals surface area contributed by atoms with Gasteiger partial charge >= 0.3 is 0 Å². The summed E-state index contributed by atoms with van der Waals surface area (Å²) in [7, 11) is -0.568. The van der Waals surface area contributed by atoms with Crippen LogP contribution in [0.15, 0.2) is 0 Å². The molecule has 0 saturated heterocycles. The minimum Gasteiger partial charge on any atom is -0.307 e. The molecule has 1 atom stereocenters. The van der Waals surface area contributed by atoms with E-state index in [1.54, 1.807) is 0 Å². The van der Waals surface area contributed by atoms with Gasteiger partial charge in [-0.2, -0.15) is 0 Å². The van der Waals surface area contributed by atoms with Crippen molar-refractivity contribution < 1.29 is 0 Å². The van der Waals surface area contributed by atoms with Crippen LogP contribution in [-0.2, 0) is 0 Å². The fourth-order valence-electron chi connectivity index (χ4n) is 1.81. The summed E-state index contributed by atoms with van der Waals surface area (Å²) in [6, 6.07) is 1.43. The lowest BCUT2D eigenvalue weighted by Crippen LogP contribution is -2.39. The molecule has 0 spiro atoms. The zero-order chi connectivity index (χ0) is 10.5. The molecular weight excluding hydrogens is 174 g/mol. The van der Waals surface area contributed by atoms with E-state index in [4.69, 9.17) is 0 Å². The van der Waals surface area contributed by atoms with Gasteiger partial charge in [0.1, 0.15) is 0 Å². The van der Waals surface area contributed by atoms with Crippen molar-refractivity contribution in [3.8, 4) is 0 Å².